The smallest absolute Gasteiger partial charge is 0.374 e. The number of amides is 1. The second-order valence-corrected chi connectivity index (χ2v) is 5.45. The molecule has 0 aliphatic rings. The van der Waals surface area contributed by atoms with Crippen molar-refractivity contribution >= 4 is 17.7 Å². The van der Waals surface area contributed by atoms with Gasteiger partial charge in [0.05, 0.1) is 12.0 Å². The maximum atomic E-state index is 12.4. The molecule has 1 amide bonds. The number of benzene rings is 1. The molecule has 3 aromatic rings. The number of aromatic nitrogens is 2. The van der Waals surface area contributed by atoms with Crippen molar-refractivity contribution in [3.8, 4) is 5.69 Å². The molecule has 0 radical (unpaired) electrons. The third-order valence-electron chi connectivity index (χ3n) is 3.63. The molecule has 1 atom stereocenters. The summed E-state index contributed by atoms with van der Waals surface area (Å²) < 4.78 is 11.4. The van der Waals surface area contributed by atoms with Crippen LogP contribution < -0.4 is 10.9 Å². The van der Waals surface area contributed by atoms with E-state index in [2.05, 4.69) is 10.4 Å². The maximum absolute atomic E-state index is 12.4. The lowest BCUT2D eigenvalue weighted by molar-refractivity contribution is -0.124. The average Bonchev–Trinajstić information content (AvgIpc) is 3.30. The molecule has 2 heterocycles. The highest BCUT2D eigenvalue weighted by atomic mass is 16.6. The minimum atomic E-state index is -1.02. The Morgan fingerprint density at radius 1 is 1.23 bits per heavy atom. The number of rotatable bonds is 6. The molecule has 0 saturated carbocycles. The number of aromatic amines is 1. The molecule has 0 bridgehead atoms. The van der Waals surface area contributed by atoms with Gasteiger partial charge in [0.1, 0.15) is 5.82 Å². The molecule has 8 nitrogen and oxygen atoms in total. The number of hydrogen-bond acceptors (Lipinski definition) is 5. The van der Waals surface area contributed by atoms with Crippen LogP contribution in [0.5, 0.6) is 0 Å². The lowest BCUT2D eigenvalue weighted by Gasteiger charge is -2.14. The van der Waals surface area contributed by atoms with Gasteiger partial charge in [-0.05, 0) is 30.7 Å². The predicted molar refractivity (Wildman–Crippen MR) is 93.2 cm³/mol. The van der Waals surface area contributed by atoms with Crippen molar-refractivity contribution in [1.29, 1.82) is 0 Å². The van der Waals surface area contributed by atoms with Crippen LogP contribution in [0.25, 0.3) is 5.69 Å². The number of carbonyl (C=O) groups excluding carboxylic acids is 2. The zero-order chi connectivity index (χ0) is 18.5. The molecule has 0 spiro atoms. The van der Waals surface area contributed by atoms with Gasteiger partial charge in [0.25, 0.3) is 11.5 Å². The Kier molecular flexibility index (Phi) is 5.02. The van der Waals surface area contributed by atoms with E-state index in [0.29, 0.717) is 5.69 Å². The van der Waals surface area contributed by atoms with Crippen molar-refractivity contribution in [1.82, 2.24) is 9.78 Å². The van der Waals surface area contributed by atoms with Gasteiger partial charge in [0, 0.05) is 6.07 Å². The van der Waals surface area contributed by atoms with E-state index in [4.69, 9.17) is 9.15 Å². The lowest BCUT2D eigenvalue weighted by atomic mass is 10.2. The van der Waals surface area contributed by atoms with Crippen molar-refractivity contribution in [2.75, 3.05) is 5.32 Å². The van der Waals surface area contributed by atoms with Gasteiger partial charge in [-0.25, -0.2) is 9.48 Å². The summed E-state index contributed by atoms with van der Waals surface area (Å²) in [6, 6.07) is 13.2. The maximum Gasteiger partial charge on any atom is 0.374 e. The molecule has 1 aromatic carbocycles. The van der Waals surface area contributed by atoms with Gasteiger partial charge in [-0.1, -0.05) is 25.1 Å². The molecule has 2 aromatic heterocycles. The van der Waals surface area contributed by atoms with Crippen LogP contribution in [0, 0.1) is 0 Å². The third-order valence-corrected chi connectivity index (χ3v) is 3.63. The van der Waals surface area contributed by atoms with Gasteiger partial charge in [-0.15, -0.1) is 0 Å². The number of para-hydroxylation sites is 1. The number of ether oxygens (including phenoxy) is 1. The molecule has 0 fully saturated rings. The molecule has 134 valence electrons. The molecule has 0 saturated heterocycles. The Bertz CT molecular complexity index is 941. The van der Waals surface area contributed by atoms with Crippen molar-refractivity contribution in [3.05, 3.63) is 70.9 Å². The summed E-state index contributed by atoms with van der Waals surface area (Å²) in [6.45, 7) is 1.71. The van der Waals surface area contributed by atoms with Crippen molar-refractivity contribution < 1.29 is 18.7 Å². The Balaban J connectivity index is 1.70. The van der Waals surface area contributed by atoms with Crippen molar-refractivity contribution in [2.45, 2.75) is 19.4 Å². The van der Waals surface area contributed by atoms with Crippen LogP contribution in [0.3, 0.4) is 0 Å². The van der Waals surface area contributed by atoms with E-state index in [1.165, 1.54) is 23.1 Å². The van der Waals surface area contributed by atoms with Gasteiger partial charge >= 0.3 is 5.97 Å². The van der Waals surface area contributed by atoms with Gasteiger partial charge in [-0.2, -0.15) is 0 Å². The number of carbonyl (C=O) groups is 2. The van der Waals surface area contributed by atoms with Gasteiger partial charge in [0.2, 0.25) is 5.76 Å². The highest BCUT2D eigenvalue weighted by Gasteiger charge is 2.24. The summed E-state index contributed by atoms with van der Waals surface area (Å²) in [5.41, 5.74) is 0.307. The van der Waals surface area contributed by atoms with Gasteiger partial charge in [0.15, 0.2) is 6.10 Å². The fraction of sp³-hybridized carbons (Fsp3) is 0.167. The van der Waals surface area contributed by atoms with E-state index in [1.54, 1.807) is 37.3 Å². The molecule has 3 rings (SSSR count). The highest BCUT2D eigenvalue weighted by molar-refractivity contribution is 5.96. The molecule has 0 aliphatic heterocycles. The summed E-state index contributed by atoms with van der Waals surface area (Å²) in [7, 11) is 0. The number of H-pyrrole nitrogens is 1. The zero-order valence-corrected chi connectivity index (χ0v) is 14.0. The first kappa shape index (κ1) is 17.3. The highest BCUT2D eigenvalue weighted by Crippen LogP contribution is 2.10. The van der Waals surface area contributed by atoms with Crippen LogP contribution in [0.15, 0.2) is 64.0 Å². The van der Waals surface area contributed by atoms with E-state index >= 15 is 0 Å². The quantitative estimate of drug-likeness (QED) is 0.660. The summed E-state index contributed by atoms with van der Waals surface area (Å²) in [5.74, 6) is -1.06. The minimum Gasteiger partial charge on any atom is -0.457 e. The van der Waals surface area contributed by atoms with E-state index < -0.39 is 18.0 Å². The first-order chi connectivity index (χ1) is 12.6. The summed E-state index contributed by atoms with van der Waals surface area (Å²) in [5, 5.41) is 5.35. The topological polar surface area (TPSA) is 106 Å². The third kappa shape index (κ3) is 3.75. The van der Waals surface area contributed by atoms with Crippen LogP contribution >= 0.6 is 0 Å². The first-order valence-corrected chi connectivity index (χ1v) is 8.01. The monoisotopic (exact) mass is 355 g/mol. The number of hydrogen-bond donors (Lipinski definition) is 2. The number of esters is 1. The van der Waals surface area contributed by atoms with Crippen LogP contribution in [0.1, 0.15) is 23.9 Å². The Hall–Kier alpha value is -3.55. The predicted octanol–water partition coefficient (Wildman–Crippen LogP) is 2.33. The van der Waals surface area contributed by atoms with E-state index in [9.17, 15) is 14.4 Å². The minimum absolute atomic E-state index is 0.0138. The second-order valence-electron chi connectivity index (χ2n) is 5.45. The largest absolute Gasteiger partial charge is 0.457 e. The van der Waals surface area contributed by atoms with Gasteiger partial charge < -0.3 is 14.5 Å². The Morgan fingerprint density at radius 3 is 2.65 bits per heavy atom. The Morgan fingerprint density at radius 2 is 2.00 bits per heavy atom. The molecule has 26 heavy (non-hydrogen) atoms. The fourth-order valence-electron chi connectivity index (χ4n) is 2.35. The Labute approximate surface area is 148 Å². The van der Waals surface area contributed by atoms with Crippen molar-refractivity contribution in [2.24, 2.45) is 0 Å². The van der Waals surface area contributed by atoms with Crippen LogP contribution in [0.2, 0.25) is 0 Å². The van der Waals surface area contributed by atoms with E-state index in [0.717, 1.165) is 0 Å². The standard InChI is InChI=1S/C18H17N3O5/c1-2-13(26-18(24)14-9-6-10-25-14)17(23)19-15-11-16(22)21(20-15)12-7-4-3-5-8-12/h3-11,13,20H,2H2,1H3,(H,19,23). The zero-order valence-electron chi connectivity index (χ0n) is 14.0. The average molecular weight is 355 g/mol. The summed E-state index contributed by atoms with van der Waals surface area (Å²) >= 11 is 0. The number of anilines is 1. The molecule has 0 aliphatic carbocycles. The normalized spacial score (nSPS) is 11.7. The second kappa shape index (κ2) is 7.56. The van der Waals surface area contributed by atoms with E-state index in [1.807, 2.05) is 6.07 Å². The lowest BCUT2D eigenvalue weighted by Crippen LogP contribution is -2.32. The van der Waals surface area contributed by atoms with Crippen molar-refractivity contribution in [3.63, 3.8) is 0 Å². The number of furan rings is 1. The SMILES string of the molecule is CCC(OC(=O)c1ccco1)C(=O)Nc1cc(=O)n(-c2ccccc2)[nH]1. The number of nitrogens with one attached hydrogen (secondary N) is 2. The van der Waals surface area contributed by atoms with Crippen LogP contribution in [-0.4, -0.2) is 27.8 Å². The summed E-state index contributed by atoms with van der Waals surface area (Å²) in [4.78, 5) is 36.4. The first-order valence-electron chi connectivity index (χ1n) is 8.01. The fourth-order valence-corrected chi connectivity index (χ4v) is 2.35. The summed E-state index contributed by atoms with van der Waals surface area (Å²) in [6.07, 6.45) is 0.590. The molecular formula is C18H17N3O5. The molecule has 1 unspecified atom stereocenters. The van der Waals surface area contributed by atoms with E-state index in [-0.39, 0.29) is 23.6 Å². The van der Waals surface area contributed by atoms with Crippen LogP contribution in [-0.2, 0) is 9.53 Å². The van der Waals surface area contributed by atoms with Crippen LogP contribution in [0.4, 0.5) is 5.82 Å². The molecule has 2 N–H and O–H groups in total. The molecule has 8 heteroatoms. The molecular weight excluding hydrogens is 338 g/mol. The van der Waals surface area contributed by atoms with Gasteiger partial charge in [-0.3, -0.25) is 14.7 Å². The number of nitrogens with zero attached hydrogens (tertiary/aromatic N) is 1.